The Bertz CT molecular complexity index is 341. The molecule has 0 spiro atoms. The maximum Gasteiger partial charge on any atom is 0.0891 e. The summed E-state index contributed by atoms with van der Waals surface area (Å²) in [5.74, 6) is 0. The Hall–Kier alpha value is -1.02. The van der Waals surface area contributed by atoms with Gasteiger partial charge in [-0.1, -0.05) is 37.1 Å². The van der Waals surface area contributed by atoms with Crippen LogP contribution in [-0.2, 0) is 0 Å². The van der Waals surface area contributed by atoms with Crippen LogP contribution in [0.25, 0.3) is 0 Å². The summed E-state index contributed by atoms with van der Waals surface area (Å²) in [6, 6.07) is 5.97. The number of unbranched alkanes of at least 4 members (excludes halogenated alkanes) is 1. The lowest BCUT2D eigenvalue weighted by atomic mass is 10.1. The van der Waals surface area contributed by atoms with E-state index in [4.69, 9.17) is 11.6 Å². The van der Waals surface area contributed by atoms with Gasteiger partial charge in [-0.05, 0) is 25.0 Å². The molecule has 1 rings (SSSR count). The molecule has 0 saturated heterocycles. The molecule has 0 unspecified atom stereocenters. The summed E-state index contributed by atoms with van der Waals surface area (Å²) in [4.78, 5) is 6.22. The van der Waals surface area contributed by atoms with E-state index >= 15 is 0 Å². The van der Waals surface area contributed by atoms with Crippen molar-refractivity contribution in [3.8, 4) is 0 Å². The number of benzene rings is 1. The third-order valence-electron chi connectivity index (χ3n) is 2.48. The van der Waals surface area contributed by atoms with E-state index in [0.717, 1.165) is 30.1 Å². The Kier molecular flexibility index (Phi) is 5.33. The van der Waals surface area contributed by atoms with Crippen LogP contribution >= 0.6 is 11.6 Å². The van der Waals surface area contributed by atoms with E-state index in [1.165, 1.54) is 5.56 Å². The first kappa shape index (κ1) is 13.0. The highest BCUT2D eigenvalue weighted by Crippen LogP contribution is 2.28. The third kappa shape index (κ3) is 3.24. The van der Waals surface area contributed by atoms with Crippen molar-refractivity contribution in [3.05, 3.63) is 28.8 Å². The minimum atomic E-state index is 0.788. The predicted octanol–water partition coefficient (Wildman–Crippen LogP) is 3.91. The van der Waals surface area contributed by atoms with Crippen molar-refractivity contribution >= 4 is 23.6 Å². The van der Waals surface area contributed by atoms with Crippen LogP contribution in [0.4, 0.5) is 5.69 Å². The smallest absolute Gasteiger partial charge is 0.0891 e. The van der Waals surface area contributed by atoms with Gasteiger partial charge in [-0.2, -0.15) is 0 Å². The molecule has 3 heteroatoms. The summed E-state index contributed by atoms with van der Waals surface area (Å²) >= 11 is 6.24. The van der Waals surface area contributed by atoms with Crippen LogP contribution in [0.15, 0.2) is 23.2 Å². The molecular weight excluding hydrogens is 220 g/mol. The molecular formula is C13H19ClN2. The second kappa shape index (κ2) is 6.54. The predicted molar refractivity (Wildman–Crippen MR) is 72.9 cm³/mol. The van der Waals surface area contributed by atoms with Crippen LogP contribution in [0, 0.1) is 6.92 Å². The Labute approximate surface area is 103 Å². The molecule has 1 aromatic carbocycles. The van der Waals surface area contributed by atoms with Crippen LogP contribution in [0.3, 0.4) is 0 Å². The van der Waals surface area contributed by atoms with E-state index in [-0.39, 0.29) is 0 Å². The SMILES string of the molecule is CCCCN(C=NC)c1c(C)cccc1Cl. The molecule has 88 valence electrons. The Balaban J connectivity index is 3.00. The number of halogens is 1. The van der Waals surface area contributed by atoms with Crippen LogP contribution in [-0.4, -0.2) is 19.9 Å². The molecule has 16 heavy (non-hydrogen) atoms. The molecule has 0 aliphatic carbocycles. The number of anilines is 1. The summed E-state index contributed by atoms with van der Waals surface area (Å²) < 4.78 is 0. The molecule has 0 bridgehead atoms. The quantitative estimate of drug-likeness (QED) is 0.561. The normalized spacial score (nSPS) is 11.0. The zero-order valence-electron chi connectivity index (χ0n) is 10.2. The average molecular weight is 239 g/mol. The monoisotopic (exact) mass is 238 g/mol. The van der Waals surface area contributed by atoms with Gasteiger partial charge in [0.15, 0.2) is 0 Å². The fraction of sp³-hybridized carbons (Fsp3) is 0.462. The van der Waals surface area contributed by atoms with E-state index in [1.54, 1.807) is 7.05 Å². The molecule has 1 aromatic rings. The first-order valence-electron chi connectivity index (χ1n) is 5.64. The van der Waals surface area contributed by atoms with Gasteiger partial charge in [0, 0.05) is 13.6 Å². The van der Waals surface area contributed by atoms with Crippen molar-refractivity contribution in [2.75, 3.05) is 18.5 Å². The second-order valence-electron chi connectivity index (χ2n) is 3.83. The third-order valence-corrected chi connectivity index (χ3v) is 2.79. The van der Waals surface area contributed by atoms with Gasteiger partial charge >= 0.3 is 0 Å². The van der Waals surface area contributed by atoms with Gasteiger partial charge in [0.2, 0.25) is 0 Å². The van der Waals surface area contributed by atoms with Gasteiger partial charge in [0.05, 0.1) is 17.0 Å². The molecule has 0 aliphatic rings. The van der Waals surface area contributed by atoms with Gasteiger partial charge in [-0.3, -0.25) is 4.99 Å². The van der Waals surface area contributed by atoms with E-state index in [0.29, 0.717) is 0 Å². The lowest BCUT2D eigenvalue weighted by Gasteiger charge is -2.22. The van der Waals surface area contributed by atoms with Crippen LogP contribution < -0.4 is 4.90 Å². The van der Waals surface area contributed by atoms with E-state index < -0.39 is 0 Å². The molecule has 0 amide bonds. The van der Waals surface area contributed by atoms with Crippen LogP contribution in [0.2, 0.25) is 5.02 Å². The van der Waals surface area contributed by atoms with Crippen molar-refractivity contribution in [3.63, 3.8) is 0 Å². The van der Waals surface area contributed by atoms with Gasteiger partial charge in [0.1, 0.15) is 0 Å². The second-order valence-corrected chi connectivity index (χ2v) is 4.23. The Morgan fingerprint density at radius 3 is 2.75 bits per heavy atom. The zero-order valence-corrected chi connectivity index (χ0v) is 11.0. The van der Waals surface area contributed by atoms with Crippen molar-refractivity contribution < 1.29 is 0 Å². The van der Waals surface area contributed by atoms with Gasteiger partial charge in [-0.15, -0.1) is 0 Å². The molecule has 0 aromatic heterocycles. The fourth-order valence-corrected chi connectivity index (χ4v) is 2.01. The highest BCUT2D eigenvalue weighted by atomic mass is 35.5. The number of aliphatic imine (C=N–C) groups is 1. The largest absolute Gasteiger partial charge is 0.331 e. The highest BCUT2D eigenvalue weighted by molar-refractivity contribution is 6.33. The number of para-hydroxylation sites is 1. The maximum atomic E-state index is 6.24. The topological polar surface area (TPSA) is 15.6 Å². The average Bonchev–Trinajstić information content (AvgIpc) is 2.25. The molecule has 0 radical (unpaired) electrons. The Morgan fingerprint density at radius 2 is 2.19 bits per heavy atom. The van der Waals surface area contributed by atoms with Gasteiger partial charge in [-0.25, -0.2) is 0 Å². The fourth-order valence-electron chi connectivity index (χ4n) is 1.68. The first-order chi connectivity index (χ1) is 7.70. The number of hydrogen-bond acceptors (Lipinski definition) is 1. The number of rotatable bonds is 5. The van der Waals surface area contributed by atoms with Gasteiger partial charge < -0.3 is 4.90 Å². The molecule has 0 heterocycles. The van der Waals surface area contributed by atoms with Crippen molar-refractivity contribution in [2.24, 2.45) is 4.99 Å². The van der Waals surface area contributed by atoms with Crippen molar-refractivity contribution in [1.82, 2.24) is 0 Å². The number of nitrogens with zero attached hydrogens (tertiary/aromatic N) is 2. The summed E-state index contributed by atoms with van der Waals surface area (Å²) in [5.41, 5.74) is 2.26. The zero-order chi connectivity index (χ0) is 12.0. The van der Waals surface area contributed by atoms with Gasteiger partial charge in [0.25, 0.3) is 0 Å². The highest BCUT2D eigenvalue weighted by Gasteiger charge is 2.10. The van der Waals surface area contributed by atoms with E-state index in [1.807, 2.05) is 18.5 Å². The summed E-state index contributed by atoms with van der Waals surface area (Å²) in [6.07, 6.45) is 4.15. The molecule has 0 saturated carbocycles. The number of aryl methyl sites for hydroxylation is 1. The first-order valence-corrected chi connectivity index (χ1v) is 6.02. The minimum Gasteiger partial charge on any atom is -0.331 e. The maximum absolute atomic E-state index is 6.24. The van der Waals surface area contributed by atoms with Crippen LogP contribution in [0.1, 0.15) is 25.3 Å². The molecule has 0 N–H and O–H groups in total. The summed E-state index contributed by atoms with van der Waals surface area (Å²) in [7, 11) is 1.78. The standard InChI is InChI=1S/C13H19ClN2/c1-4-5-9-16(10-15-3)13-11(2)7-6-8-12(13)14/h6-8,10H,4-5,9H2,1-3H3. The van der Waals surface area contributed by atoms with Crippen LogP contribution in [0.5, 0.6) is 0 Å². The lowest BCUT2D eigenvalue weighted by Crippen LogP contribution is -2.23. The molecule has 0 fully saturated rings. The summed E-state index contributed by atoms with van der Waals surface area (Å²) in [5, 5.41) is 0.788. The lowest BCUT2D eigenvalue weighted by molar-refractivity contribution is 0.797. The minimum absolute atomic E-state index is 0.788. The van der Waals surface area contributed by atoms with Crippen molar-refractivity contribution in [2.45, 2.75) is 26.7 Å². The van der Waals surface area contributed by atoms with Crippen molar-refractivity contribution in [1.29, 1.82) is 0 Å². The molecule has 2 nitrogen and oxygen atoms in total. The molecule has 0 aliphatic heterocycles. The summed E-state index contributed by atoms with van der Waals surface area (Å²) in [6.45, 7) is 5.21. The number of hydrogen-bond donors (Lipinski definition) is 0. The van der Waals surface area contributed by atoms with E-state index in [9.17, 15) is 0 Å². The molecule has 0 atom stereocenters. The van der Waals surface area contributed by atoms with E-state index in [2.05, 4.69) is 29.8 Å². The Morgan fingerprint density at radius 1 is 1.44 bits per heavy atom.